The molecule has 5 rings (SSSR count). The molecule has 1 saturated heterocycles. The smallest absolute Gasteiger partial charge is 0.255 e. The second kappa shape index (κ2) is 15.3. The molecule has 254 valence electrons. The van der Waals surface area contributed by atoms with Crippen molar-refractivity contribution in [1.29, 1.82) is 0 Å². The Hall–Kier alpha value is -4.31. The maximum Gasteiger partial charge on any atom is 0.255 e. The molecule has 0 spiro atoms. The summed E-state index contributed by atoms with van der Waals surface area (Å²) < 4.78 is 13.4. The van der Waals surface area contributed by atoms with Gasteiger partial charge in [0.2, 0.25) is 11.8 Å². The van der Waals surface area contributed by atoms with Crippen LogP contribution in [0, 0.1) is 18.8 Å². The fourth-order valence-electron chi connectivity index (χ4n) is 6.00. The van der Waals surface area contributed by atoms with Gasteiger partial charge in [-0.3, -0.25) is 28.8 Å². The zero-order valence-electron chi connectivity index (χ0n) is 28.3. The lowest BCUT2D eigenvalue weighted by Crippen LogP contribution is -2.55. The molecule has 0 aliphatic carbocycles. The molecule has 2 aromatic carbocycles. The second-order valence-corrected chi connectivity index (χ2v) is 19.2. The summed E-state index contributed by atoms with van der Waals surface area (Å²) in [5.41, 5.74) is 9.81. The molecule has 3 aromatic rings. The van der Waals surface area contributed by atoms with Gasteiger partial charge in [-0.25, -0.2) is 0 Å². The largest absolute Gasteiger partial charge is 0.380 e. The highest BCUT2D eigenvalue weighted by atomic mass is 28.3. The molecule has 0 radical (unpaired) electrons. The minimum atomic E-state index is -1.30. The summed E-state index contributed by atoms with van der Waals surface area (Å²) >= 11 is 0. The van der Waals surface area contributed by atoms with Crippen molar-refractivity contribution in [2.24, 2.45) is 5.73 Å². The summed E-state index contributed by atoms with van der Waals surface area (Å²) in [6.07, 6.45) is 2.89. The number of likely N-dealkylation sites (tertiary alicyclic amines) is 1. The molecule has 1 aromatic heterocycles. The van der Waals surface area contributed by atoms with Crippen molar-refractivity contribution < 1.29 is 28.7 Å². The van der Waals surface area contributed by atoms with Crippen molar-refractivity contribution in [2.75, 3.05) is 26.6 Å². The van der Waals surface area contributed by atoms with Gasteiger partial charge in [0, 0.05) is 62.8 Å². The molecule has 0 bridgehead atoms. The average Bonchev–Trinajstić information content (AvgIpc) is 3.55. The summed E-state index contributed by atoms with van der Waals surface area (Å²) in [6, 6.07) is 11.1. The Bertz CT molecular complexity index is 1770. The molecule has 11 nitrogen and oxygen atoms in total. The number of nitrogens with two attached hydrogens (primary N) is 1. The highest BCUT2D eigenvalue weighted by molar-refractivity contribution is 6.76. The van der Waals surface area contributed by atoms with Gasteiger partial charge in [-0.1, -0.05) is 43.6 Å². The SMILES string of the molecule is Cc1nn(CCOCCCCC#Cc2cccc3c2CN(C2CCC(=O)N(COCC[Si](C)(C)C)C2=O)C3=O)c2cc(C(N)=O)ccc12. The number of aryl methyl sites for hydroxylation is 1. The predicted molar refractivity (Wildman–Crippen MR) is 185 cm³/mol. The number of carbonyl (C=O) groups is 4. The molecule has 2 aliphatic rings. The van der Waals surface area contributed by atoms with Crippen LogP contribution in [-0.2, 0) is 32.2 Å². The Morgan fingerprint density at radius 2 is 1.88 bits per heavy atom. The lowest BCUT2D eigenvalue weighted by Gasteiger charge is -2.35. The molecule has 4 amide bonds. The zero-order chi connectivity index (χ0) is 34.4. The second-order valence-electron chi connectivity index (χ2n) is 13.6. The maximum atomic E-state index is 13.4. The van der Waals surface area contributed by atoms with Crippen LogP contribution >= 0.6 is 0 Å². The number of fused-ring (bicyclic) bond motifs is 2. The number of piperidine rings is 1. The van der Waals surface area contributed by atoms with E-state index in [1.165, 1.54) is 4.90 Å². The summed E-state index contributed by atoms with van der Waals surface area (Å²) in [4.78, 5) is 53.7. The molecule has 2 aliphatic heterocycles. The maximum absolute atomic E-state index is 13.4. The lowest BCUT2D eigenvalue weighted by atomic mass is 10.0. The fourth-order valence-corrected chi connectivity index (χ4v) is 6.75. The van der Waals surface area contributed by atoms with E-state index in [1.54, 1.807) is 23.1 Å². The number of primary amides is 1. The third-order valence-electron chi connectivity index (χ3n) is 8.80. The molecular formula is C36H45N5O6Si. The van der Waals surface area contributed by atoms with E-state index in [2.05, 4.69) is 36.6 Å². The topological polar surface area (TPSA) is 137 Å². The van der Waals surface area contributed by atoms with Crippen LogP contribution in [-0.4, -0.2) is 83.9 Å². The zero-order valence-corrected chi connectivity index (χ0v) is 29.3. The van der Waals surface area contributed by atoms with Crippen molar-refractivity contribution >= 4 is 42.6 Å². The van der Waals surface area contributed by atoms with Crippen molar-refractivity contribution in [3.63, 3.8) is 0 Å². The third kappa shape index (κ3) is 8.21. The molecule has 3 heterocycles. The van der Waals surface area contributed by atoms with Crippen LogP contribution in [0.1, 0.15) is 69.6 Å². The van der Waals surface area contributed by atoms with Crippen LogP contribution in [0.5, 0.6) is 0 Å². The van der Waals surface area contributed by atoms with Gasteiger partial charge in [-0.2, -0.15) is 5.10 Å². The first-order chi connectivity index (χ1) is 22.9. The van der Waals surface area contributed by atoms with Crippen molar-refractivity contribution in [3.8, 4) is 11.8 Å². The number of ether oxygens (including phenoxy) is 2. The van der Waals surface area contributed by atoms with Crippen LogP contribution in [0.4, 0.5) is 0 Å². The van der Waals surface area contributed by atoms with E-state index in [1.807, 2.05) is 29.8 Å². The monoisotopic (exact) mass is 671 g/mol. The average molecular weight is 672 g/mol. The number of hydrogen-bond donors (Lipinski definition) is 1. The fraction of sp³-hybridized carbons (Fsp3) is 0.472. The summed E-state index contributed by atoms with van der Waals surface area (Å²) in [5.74, 6) is 5.17. The minimum absolute atomic E-state index is 0.0736. The third-order valence-corrected chi connectivity index (χ3v) is 10.5. The molecule has 48 heavy (non-hydrogen) atoms. The Balaban J connectivity index is 1.08. The predicted octanol–water partition coefficient (Wildman–Crippen LogP) is 4.47. The highest BCUT2D eigenvalue weighted by Crippen LogP contribution is 2.31. The van der Waals surface area contributed by atoms with E-state index in [-0.39, 0.29) is 37.4 Å². The van der Waals surface area contributed by atoms with Crippen molar-refractivity contribution in [1.82, 2.24) is 19.6 Å². The first kappa shape index (κ1) is 35.0. The Labute approximate surface area is 282 Å². The van der Waals surface area contributed by atoms with Gasteiger partial charge >= 0.3 is 0 Å². The molecular weight excluding hydrogens is 627 g/mol. The normalized spacial score (nSPS) is 16.4. The van der Waals surface area contributed by atoms with E-state index in [9.17, 15) is 19.2 Å². The van der Waals surface area contributed by atoms with Crippen molar-refractivity contribution in [3.05, 3.63) is 64.3 Å². The first-order valence-corrected chi connectivity index (χ1v) is 20.3. The van der Waals surface area contributed by atoms with Crippen LogP contribution in [0.25, 0.3) is 10.9 Å². The van der Waals surface area contributed by atoms with E-state index >= 15 is 0 Å². The van der Waals surface area contributed by atoms with Crippen LogP contribution < -0.4 is 5.73 Å². The van der Waals surface area contributed by atoms with Crippen LogP contribution in [0.15, 0.2) is 36.4 Å². The minimum Gasteiger partial charge on any atom is -0.380 e. The van der Waals surface area contributed by atoms with E-state index < -0.39 is 20.0 Å². The van der Waals surface area contributed by atoms with Crippen LogP contribution in [0.3, 0.4) is 0 Å². The van der Waals surface area contributed by atoms with E-state index in [4.69, 9.17) is 15.2 Å². The molecule has 1 unspecified atom stereocenters. The van der Waals surface area contributed by atoms with Gasteiger partial charge in [0.1, 0.15) is 12.8 Å². The van der Waals surface area contributed by atoms with Crippen LogP contribution in [0.2, 0.25) is 25.7 Å². The lowest BCUT2D eigenvalue weighted by molar-refractivity contribution is -0.158. The molecule has 1 atom stereocenters. The number of aromatic nitrogens is 2. The summed E-state index contributed by atoms with van der Waals surface area (Å²) in [5, 5.41) is 5.56. The molecule has 12 heteroatoms. The van der Waals surface area contributed by atoms with Gasteiger partial charge in [-0.15, -0.1) is 0 Å². The quantitative estimate of drug-likeness (QED) is 0.116. The van der Waals surface area contributed by atoms with Gasteiger partial charge in [0.05, 0.1) is 24.4 Å². The number of rotatable bonds is 14. The summed E-state index contributed by atoms with van der Waals surface area (Å²) in [7, 11) is -1.30. The summed E-state index contributed by atoms with van der Waals surface area (Å²) in [6.45, 7) is 11.0. The molecule has 1 fully saturated rings. The van der Waals surface area contributed by atoms with Gasteiger partial charge in [0.15, 0.2) is 0 Å². The Morgan fingerprint density at radius 3 is 2.65 bits per heavy atom. The number of nitrogens with zero attached hydrogens (tertiary/aromatic N) is 4. The number of imide groups is 1. The number of hydrogen-bond acceptors (Lipinski definition) is 7. The Morgan fingerprint density at radius 1 is 1.06 bits per heavy atom. The van der Waals surface area contributed by atoms with Gasteiger partial charge in [0.25, 0.3) is 11.8 Å². The number of amides is 4. The van der Waals surface area contributed by atoms with E-state index in [0.717, 1.165) is 46.6 Å². The molecule has 0 saturated carbocycles. The standard InChI is InChI=1S/C36H45N5O6Si/c1-25-28-14-13-27(34(37)43)22-32(28)41(38-25)17-19-46-18-8-6-5-7-10-26-11-9-12-29-30(26)23-39(35(29)44)31-15-16-33(42)40(36(31)45)24-47-20-21-48(2,3)4/h9,11-14,22,31H,5-6,8,15-21,23-24H2,1-4H3,(H2,37,43). The Kier molecular flexibility index (Phi) is 11.1. The van der Waals surface area contributed by atoms with E-state index in [0.29, 0.717) is 50.3 Å². The van der Waals surface area contributed by atoms with Gasteiger partial charge < -0.3 is 20.1 Å². The number of unbranched alkanes of at least 4 members (excludes halogenated alkanes) is 2. The molecule has 2 N–H and O–H groups in total. The highest BCUT2D eigenvalue weighted by Gasteiger charge is 2.43. The first-order valence-electron chi connectivity index (χ1n) is 16.6. The number of carbonyl (C=O) groups excluding carboxylic acids is 4. The van der Waals surface area contributed by atoms with Crippen molar-refractivity contribution in [2.45, 2.75) is 83.8 Å². The number of benzene rings is 2. The van der Waals surface area contributed by atoms with Gasteiger partial charge in [-0.05, 0) is 62.1 Å².